The summed E-state index contributed by atoms with van der Waals surface area (Å²) in [7, 11) is 0. The molecule has 94 valence electrons. The molecule has 0 saturated carbocycles. The topological polar surface area (TPSA) is 29.1 Å². The van der Waals surface area contributed by atoms with E-state index in [0.717, 1.165) is 0 Å². The summed E-state index contributed by atoms with van der Waals surface area (Å²) in [5, 5.41) is 3.54. The minimum atomic E-state index is 0.247. The van der Waals surface area contributed by atoms with Gasteiger partial charge in [0.05, 0.1) is 0 Å². The van der Waals surface area contributed by atoms with Gasteiger partial charge in [0.2, 0.25) is 0 Å². The van der Waals surface area contributed by atoms with E-state index in [1.807, 2.05) is 18.2 Å². The maximum Gasteiger partial charge on any atom is 0.131 e. The zero-order valence-electron chi connectivity index (χ0n) is 11.2. The number of rotatable bonds is 6. The average molecular weight is 233 g/mol. The Balaban J connectivity index is 2.64. The molecular weight excluding hydrogens is 210 g/mol. The average Bonchev–Trinajstić information content (AvgIpc) is 2.28. The smallest absolute Gasteiger partial charge is 0.131 e. The Bertz CT molecular complexity index is 345. The molecule has 0 aliphatic carbocycles. The SMILES string of the molecule is CC(=O)CC(N[C@@H](C)c1ccccc1)C(C)C. The number of benzene rings is 1. The fourth-order valence-corrected chi connectivity index (χ4v) is 1.96. The molecule has 1 unspecified atom stereocenters. The number of hydrogen-bond donors (Lipinski definition) is 1. The van der Waals surface area contributed by atoms with Crippen molar-refractivity contribution in [3.8, 4) is 0 Å². The van der Waals surface area contributed by atoms with Crippen LogP contribution in [-0.4, -0.2) is 11.8 Å². The fraction of sp³-hybridized carbons (Fsp3) is 0.533. The predicted octanol–water partition coefficient (Wildman–Crippen LogP) is 3.34. The van der Waals surface area contributed by atoms with E-state index in [1.165, 1.54) is 5.56 Å². The van der Waals surface area contributed by atoms with Gasteiger partial charge < -0.3 is 5.32 Å². The van der Waals surface area contributed by atoms with Gasteiger partial charge in [-0.05, 0) is 25.3 Å². The minimum Gasteiger partial charge on any atom is -0.307 e. The molecule has 0 heterocycles. The van der Waals surface area contributed by atoms with Crippen LogP contribution in [0.5, 0.6) is 0 Å². The largest absolute Gasteiger partial charge is 0.307 e. The number of carbonyl (C=O) groups excluding carboxylic acids is 1. The number of carbonyl (C=O) groups is 1. The molecule has 0 saturated heterocycles. The van der Waals surface area contributed by atoms with Crippen molar-refractivity contribution in [1.29, 1.82) is 0 Å². The van der Waals surface area contributed by atoms with Gasteiger partial charge in [-0.25, -0.2) is 0 Å². The van der Waals surface area contributed by atoms with Crippen molar-refractivity contribution < 1.29 is 4.79 Å². The molecule has 1 aromatic rings. The van der Waals surface area contributed by atoms with Gasteiger partial charge in [-0.15, -0.1) is 0 Å². The number of hydrogen-bond acceptors (Lipinski definition) is 2. The van der Waals surface area contributed by atoms with Crippen molar-refractivity contribution >= 4 is 5.78 Å². The van der Waals surface area contributed by atoms with Gasteiger partial charge in [-0.1, -0.05) is 44.2 Å². The van der Waals surface area contributed by atoms with Gasteiger partial charge in [-0.3, -0.25) is 4.79 Å². The quantitative estimate of drug-likeness (QED) is 0.816. The van der Waals surface area contributed by atoms with Crippen molar-refractivity contribution in [1.82, 2.24) is 5.32 Å². The zero-order valence-corrected chi connectivity index (χ0v) is 11.2. The van der Waals surface area contributed by atoms with Crippen LogP contribution in [0, 0.1) is 5.92 Å². The van der Waals surface area contributed by atoms with Crippen molar-refractivity contribution in [2.75, 3.05) is 0 Å². The van der Waals surface area contributed by atoms with Crippen molar-refractivity contribution in [3.05, 3.63) is 35.9 Å². The molecule has 2 nitrogen and oxygen atoms in total. The molecule has 0 spiro atoms. The molecule has 0 amide bonds. The van der Waals surface area contributed by atoms with E-state index in [9.17, 15) is 4.79 Å². The van der Waals surface area contributed by atoms with Crippen LogP contribution in [-0.2, 0) is 4.79 Å². The highest BCUT2D eigenvalue weighted by Crippen LogP contribution is 2.16. The second-order valence-corrected chi connectivity index (χ2v) is 5.06. The van der Waals surface area contributed by atoms with E-state index < -0.39 is 0 Å². The van der Waals surface area contributed by atoms with Crippen molar-refractivity contribution in [2.45, 2.75) is 46.2 Å². The van der Waals surface area contributed by atoms with E-state index in [0.29, 0.717) is 12.3 Å². The highest BCUT2D eigenvalue weighted by atomic mass is 16.1. The lowest BCUT2D eigenvalue weighted by atomic mass is 9.97. The Morgan fingerprint density at radius 2 is 1.76 bits per heavy atom. The molecular formula is C15H23NO. The molecule has 2 atom stereocenters. The number of Topliss-reactive ketones (excluding diaryl/α,β-unsaturated/α-hetero) is 1. The van der Waals surface area contributed by atoms with Crippen LogP contribution in [0.1, 0.15) is 45.7 Å². The van der Waals surface area contributed by atoms with E-state index in [-0.39, 0.29) is 17.9 Å². The molecule has 0 aliphatic heterocycles. The third-order valence-corrected chi connectivity index (χ3v) is 3.08. The lowest BCUT2D eigenvalue weighted by Crippen LogP contribution is -2.37. The minimum absolute atomic E-state index is 0.247. The Morgan fingerprint density at radius 1 is 1.18 bits per heavy atom. The maximum atomic E-state index is 11.2. The third kappa shape index (κ3) is 4.70. The summed E-state index contributed by atoms with van der Waals surface area (Å²) >= 11 is 0. The monoisotopic (exact) mass is 233 g/mol. The van der Waals surface area contributed by atoms with Gasteiger partial charge in [0.15, 0.2) is 0 Å². The second-order valence-electron chi connectivity index (χ2n) is 5.06. The van der Waals surface area contributed by atoms with E-state index in [2.05, 4.69) is 38.2 Å². The second kappa shape index (κ2) is 6.55. The van der Waals surface area contributed by atoms with Crippen LogP contribution in [0.2, 0.25) is 0 Å². The summed E-state index contributed by atoms with van der Waals surface area (Å²) < 4.78 is 0. The number of ketones is 1. The Morgan fingerprint density at radius 3 is 2.24 bits per heavy atom. The van der Waals surface area contributed by atoms with Gasteiger partial charge in [0.1, 0.15) is 5.78 Å². The molecule has 1 aromatic carbocycles. The summed E-state index contributed by atoms with van der Waals surface area (Å²) in [6, 6.07) is 10.9. The Hall–Kier alpha value is -1.15. The molecule has 0 bridgehead atoms. The lowest BCUT2D eigenvalue weighted by molar-refractivity contribution is -0.117. The summed E-state index contributed by atoms with van der Waals surface area (Å²) in [6.07, 6.45) is 0.606. The molecule has 17 heavy (non-hydrogen) atoms. The van der Waals surface area contributed by atoms with Gasteiger partial charge in [0, 0.05) is 18.5 Å². The highest BCUT2D eigenvalue weighted by Gasteiger charge is 2.18. The first-order valence-corrected chi connectivity index (χ1v) is 6.31. The molecule has 0 aromatic heterocycles. The Labute approximate surface area is 104 Å². The molecule has 0 radical (unpaired) electrons. The van der Waals surface area contributed by atoms with E-state index in [4.69, 9.17) is 0 Å². The van der Waals surface area contributed by atoms with Gasteiger partial charge in [-0.2, -0.15) is 0 Å². The van der Waals surface area contributed by atoms with Crippen LogP contribution in [0.3, 0.4) is 0 Å². The Kier molecular flexibility index (Phi) is 5.36. The standard InChI is InChI=1S/C15H23NO/c1-11(2)15(10-12(3)17)16-13(4)14-8-6-5-7-9-14/h5-9,11,13,15-16H,10H2,1-4H3/t13-,15?/m0/s1. The molecule has 0 fully saturated rings. The van der Waals surface area contributed by atoms with Crippen LogP contribution in [0.15, 0.2) is 30.3 Å². The summed E-state index contributed by atoms with van der Waals surface area (Å²) in [4.78, 5) is 11.2. The van der Waals surface area contributed by atoms with Crippen LogP contribution < -0.4 is 5.32 Å². The number of nitrogens with one attached hydrogen (secondary N) is 1. The van der Waals surface area contributed by atoms with Gasteiger partial charge >= 0.3 is 0 Å². The first kappa shape index (κ1) is 13.9. The van der Waals surface area contributed by atoms with E-state index >= 15 is 0 Å². The lowest BCUT2D eigenvalue weighted by Gasteiger charge is -2.26. The van der Waals surface area contributed by atoms with Crippen LogP contribution in [0.4, 0.5) is 0 Å². The van der Waals surface area contributed by atoms with Gasteiger partial charge in [0.25, 0.3) is 0 Å². The van der Waals surface area contributed by atoms with Crippen molar-refractivity contribution in [3.63, 3.8) is 0 Å². The van der Waals surface area contributed by atoms with Crippen LogP contribution >= 0.6 is 0 Å². The van der Waals surface area contributed by atoms with Crippen LogP contribution in [0.25, 0.3) is 0 Å². The molecule has 1 N–H and O–H groups in total. The molecule has 0 aliphatic rings. The highest BCUT2D eigenvalue weighted by molar-refractivity contribution is 5.76. The predicted molar refractivity (Wildman–Crippen MR) is 71.9 cm³/mol. The van der Waals surface area contributed by atoms with Crippen molar-refractivity contribution in [2.24, 2.45) is 5.92 Å². The summed E-state index contributed by atoms with van der Waals surface area (Å²) in [5.74, 6) is 0.710. The zero-order chi connectivity index (χ0) is 12.8. The molecule has 2 heteroatoms. The fourth-order valence-electron chi connectivity index (χ4n) is 1.96. The first-order valence-electron chi connectivity index (χ1n) is 6.31. The molecule has 1 rings (SSSR count). The normalized spacial score (nSPS) is 14.6. The third-order valence-electron chi connectivity index (χ3n) is 3.08. The summed E-state index contributed by atoms with van der Waals surface area (Å²) in [6.45, 7) is 8.10. The maximum absolute atomic E-state index is 11.2. The summed E-state index contributed by atoms with van der Waals surface area (Å²) in [5.41, 5.74) is 1.27. The first-order chi connectivity index (χ1) is 8.00. The van der Waals surface area contributed by atoms with E-state index in [1.54, 1.807) is 6.92 Å².